The second kappa shape index (κ2) is 5.92. The molecule has 0 fully saturated rings. The van der Waals surface area contributed by atoms with Crippen molar-refractivity contribution < 1.29 is 2.74 Å². The fourth-order valence-corrected chi connectivity index (χ4v) is 1.94. The number of hydrogen-bond donors (Lipinski definition) is 1. The first-order valence-electron chi connectivity index (χ1n) is 7.64. The molecule has 19 heavy (non-hydrogen) atoms. The van der Waals surface area contributed by atoms with E-state index in [0.29, 0.717) is 0 Å². The third-order valence-electron chi connectivity index (χ3n) is 3.21. The molecule has 0 saturated carbocycles. The first-order chi connectivity index (χ1) is 9.66. The van der Waals surface area contributed by atoms with Gasteiger partial charge in [0.15, 0.2) is 0 Å². The minimum Gasteiger partial charge on any atom is -0.356 e. The van der Waals surface area contributed by atoms with Crippen LogP contribution in [-0.2, 0) is 0 Å². The average molecular weight is 255 g/mol. The summed E-state index contributed by atoms with van der Waals surface area (Å²) < 4.78 is 16.0. The molecule has 0 bridgehead atoms. The Balaban J connectivity index is 2.12. The Morgan fingerprint density at radius 1 is 0.684 bits per heavy atom. The molecule has 1 N–H and O–H groups in total. The van der Waals surface area contributed by atoms with E-state index in [1.165, 1.54) is 0 Å². The lowest BCUT2D eigenvalue weighted by Crippen LogP contribution is -1.93. The summed E-state index contributed by atoms with van der Waals surface area (Å²) >= 11 is 0. The van der Waals surface area contributed by atoms with E-state index in [2.05, 4.69) is 5.32 Å². The van der Waals surface area contributed by atoms with E-state index in [9.17, 15) is 0 Å². The summed E-state index contributed by atoms with van der Waals surface area (Å²) in [6, 6.07) is 15.9. The lowest BCUT2D eigenvalue weighted by molar-refractivity contribution is 0.866. The Morgan fingerprint density at radius 3 is 1.26 bits per heavy atom. The highest BCUT2D eigenvalue weighted by Gasteiger charge is 2.01. The zero-order valence-electron chi connectivity index (χ0n) is 14.1. The van der Waals surface area contributed by atoms with Gasteiger partial charge in [-0.3, -0.25) is 0 Å². The van der Waals surface area contributed by atoms with Gasteiger partial charge in [-0.2, -0.15) is 0 Å². The van der Waals surface area contributed by atoms with Crippen molar-refractivity contribution in [3.63, 3.8) is 0 Å². The standard InChI is InChI=1S/C18H23N/c1-13(2)15-5-9-17(10-6-15)19-18-11-7-16(8-12-18)14(3)4/h5-14,19H,1-4H3/i13D,14D. The van der Waals surface area contributed by atoms with Crippen LogP contribution in [0.4, 0.5) is 11.4 Å². The summed E-state index contributed by atoms with van der Waals surface area (Å²) in [6.45, 7) is 7.54. The van der Waals surface area contributed by atoms with Crippen LogP contribution in [0.15, 0.2) is 48.5 Å². The molecule has 1 nitrogen and oxygen atoms in total. The van der Waals surface area contributed by atoms with Gasteiger partial charge in [0.25, 0.3) is 0 Å². The molecule has 2 rings (SSSR count). The maximum Gasteiger partial charge on any atom is 0.0384 e. The van der Waals surface area contributed by atoms with Crippen molar-refractivity contribution in [3.8, 4) is 0 Å². The smallest absolute Gasteiger partial charge is 0.0384 e. The third kappa shape index (κ3) is 3.60. The molecule has 2 aromatic rings. The molecule has 1 heteroatoms. The summed E-state index contributed by atoms with van der Waals surface area (Å²) in [5.41, 5.74) is 4.00. The molecule has 100 valence electrons. The second-order valence-electron chi connectivity index (χ2n) is 5.28. The van der Waals surface area contributed by atoms with Crippen LogP contribution in [0.1, 0.15) is 53.4 Å². The molecular weight excluding hydrogens is 230 g/mol. The Bertz CT molecular complexity index is 532. The highest BCUT2D eigenvalue weighted by atomic mass is 14.9. The van der Waals surface area contributed by atoms with Crippen molar-refractivity contribution in [1.29, 1.82) is 0 Å². The van der Waals surface area contributed by atoms with Gasteiger partial charge in [0.05, 0.1) is 0 Å². The Hall–Kier alpha value is -1.76. The lowest BCUT2D eigenvalue weighted by atomic mass is 10.0. The van der Waals surface area contributed by atoms with Crippen molar-refractivity contribution in [2.75, 3.05) is 5.32 Å². The van der Waals surface area contributed by atoms with E-state index in [1.54, 1.807) is 0 Å². The van der Waals surface area contributed by atoms with Gasteiger partial charge in [0.2, 0.25) is 0 Å². The third-order valence-corrected chi connectivity index (χ3v) is 3.21. The van der Waals surface area contributed by atoms with Crippen molar-refractivity contribution in [1.82, 2.24) is 0 Å². The Labute approximate surface area is 119 Å². The first-order valence-corrected chi connectivity index (χ1v) is 6.64. The molecule has 0 unspecified atom stereocenters. The molecule has 0 saturated heterocycles. The zero-order valence-corrected chi connectivity index (χ0v) is 12.1. The van der Waals surface area contributed by atoms with E-state index in [1.807, 2.05) is 76.2 Å². The quantitative estimate of drug-likeness (QED) is 0.741. The topological polar surface area (TPSA) is 12.0 Å². The van der Waals surface area contributed by atoms with Gasteiger partial charge >= 0.3 is 0 Å². The van der Waals surface area contributed by atoms with Gasteiger partial charge in [0, 0.05) is 14.1 Å². The Morgan fingerprint density at radius 2 is 1.00 bits per heavy atom. The summed E-state index contributed by atoms with van der Waals surface area (Å²) in [5.74, 6) is -1.14. The average Bonchev–Trinajstić information content (AvgIpc) is 2.38. The van der Waals surface area contributed by atoms with Crippen LogP contribution in [0.5, 0.6) is 0 Å². The monoisotopic (exact) mass is 255 g/mol. The first kappa shape index (κ1) is 11.1. The molecule has 0 aliphatic carbocycles. The predicted molar refractivity (Wildman–Crippen MR) is 84.3 cm³/mol. The normalized spacial score (nSPS) is 13.7. The van der Waals surface area contributed by atoms with Gasteiger partial charge in [-0.1, -0.05) is 52.0 Å². The summed E-state index contributed by atoms with van der Waals surface area (Å²) in [6.07, 6.45) is 0. The molecule has 2 aromatic carbocycles. The van der Waals surface area contributed by atoms with Crippen molar-refractivity contribution in [2.45, 2.75) is 39.5 Å². The minimum absolute atomic E-state index is 0.570. The van der Waals surface area contributed by atoms with Crippen LogP contribution in [-0.4, -0.2) is 0 Å². The fourth-order valence-electron chi connectivity index (χ4n) is 1.94. The van der Waals surface area contributed by atoms with Gasteiger partial charge < -0.3 is 5.32 Å². The summed E-state index contributed by atoms with van der Waals surface area (Å²) in [7, 11) is 0. The zero-order chi connectivity index (χ0) is 15.7. The van der Waals surface area contributed by atoms with Gasteiger partial charge in [0.1, 0.15) is 0 Å². The fraction of sp³-hybridized carbons (Fsp3) is 0.333. The number of rotatable bonds is 4. The summed E-state index contributed by atoms with van der Waals surface area (Å²) in [4.78, 5) is 0. The maximum absolute atomic E-state index is 8.01. The number of anilines is 2. The molecule has 0 aromatic heterocycles. The van der Waals surface area contributed by atoms with Crippen LogP contribution in [0.25, 0.3) is 0 Å². The van der Waals surface area contributed by atoms with E-state index >= 15 is 0 Å². The lowest BCUT2D eigenvalue weighted by Gasteiger charge is -2.11. The highest BCUT2D eigenvalue weighted by Crippen LogP contribution is 2.22. The van der Waals surface area contributed by atoms with Gasteiger partial charge in [-0.15, -0.1) is 0 Å². The van der Waals surface area contributed by atoms with Crippen molar-refractivity contribution in [3.05, 3.63) is 59.7 Å². The molecule has 0 atom stereocenters. The molecule has 0 aliphatic rings. The highest BCUT2D eigenvalue weighted by molar-refractivity contribution is 5.60. The van der Waals surface area contributed by atoms with Crippen LogP contribution in [0.2, 0.25) is 0 Å². The van der Waals surface area contributed by atoms with Crippen molar-refractivity contribution >= 4 is 11.4 Å². The van der Waals surface area contributed by atoms with E-state index in [-0.39, 0.29) is 0 Å². The molecule has 0 heterocycles. The largest absolute Gasteiger partial charge is 0.356 e. The molecule has 0 radical (unpaired) electrons. The SMILES string of the molecule is [2H]C(C)(C)c1ccc(Nc2ccc(C([2H])(C)C)cc2)cc1. The van der Waals surface area contributed by atoms with E-state index in [0.717, 1.165) is 22.5 Å². The molecule has 0 amide bonds. The van der Waals surface area contributed by atoms with Crippen LogP contribution in [0, 0.1) is 0 Å². The Kier molecular flexibility index (Phi) is 3.46. The maximum atomic E-state index is 8.01. The van der Waals surface area contributed by atoms with Gasteiger partial charge in [-0.05, 0) is 47.2 Å². The number of benzene rings is 2. The van der Waals surface area contributed by atoms with Gasteiger partial charge in [-0.25, -0.2) is 0 Å². The molecule has 0 aliphatic heterocycles. The van der Waals surface area contributed by atoms with Crippen LogP contribution >= 0.6 is 0 Å². The molecule has 0 spiro atoms. The predicted octanol–water partition coefficient (Wildman–Crippen LogP) is 5.68. The minimum atomic E-state index is -0.570. The van der Waals surface area contributed by atoms with Crippen LogP contribution < -0.4 is 5.32 Å². The van der Waals surface area contributed by atoms with E-state index < -0.39 is 11.8 Å². The second-order valence-corrected chi connectivity index (χ2v) is 5.28. The van der Waals surface area contributed by atoms with Crippen LogP contribution in [0.3, 0.4) is 0 Å². The van der Waals surface area contributed by atoms with E-state index in [4.69, 9.17) is 2.74 Å². The number of hydrogen-bond acceptors (Lipinski definition) is 1. The molecular formula is C18H23N. The number of nitrogens with one attached hydrogen (secondary N) is 1. The summed E-state index contributed by atoms with van der Waals surface area (Å²) in [5, 5.41) is 3.34. The van der Waals surface area contributed by atoms with Crippen molar-refractivity contribution in [2.24, 2.45) is 0 Å².